The van der Waals surface area contributed by atoms with Crippen molar-refractivity contribution in [2.75, 3.05) is 46.0 Å². The molecule has 8 nitrogen and oxygen atoms in total. The molecule has 1 aromatic carbocycles. The van der Waals surface area contributed by atoms with Crippen LogP contribution in [0, 0.1) is 0 Å². The third kappa shape index (κ3) is 4.91. The fraction of sp³-hybridized carbons (Fsp3) is 0.556. The zero-order valence-corrected chi connectivity index (χ0v) is 17.8. The Labute approximate surface area is 172 Å². The summed E-state index contributed by atoms with van der Waals surface area (Å²) in [6.45, 7) is 2.18. The minimum Gasteiger partial charge on any atom is -0.452 e. The van der Waals surface area contributed by atoms with Gasteiger partial charge in [0.1, 0.15) is 0 Å². The normalized spacial score (nSPS) is 18.7. The van der Waals surface area contributed by atoms with Gasteiger partial charge in [-0.25, -0.2) is 13.2 Å². The molecule has 0 radical (unpaired) electrons. The maximum atomic E-state index is 12.9. The highest BCUT2D eigenvalue weighted by molar-refractivity contribution is 9.10. The Balaban J connectivity index is 1.69. The number of sulfonamides is 1. The van der Waals surface area contributed by atoms with Crippen LogP contribution in [0.1, 0.15) is 29.6 Å². The largest absolute Gasteiger partial charge is 0.452 e. The van der Waals surface area contributed by atoms with Crippen LogP contribution in [0.2, 0.25) is 0 Å². The maximum Gasteiger partial charge on any atom is 0.338 e. The van der Waals surface area contributed by atoms with E-state index >= 15 is 0 Å². The molecule has 0 bridgehead atoms. The molecule has 154 valence electrons. The minimum atomic E-state index is -3.77. The van der Waals surface area contributed by atoms with Crippen LogP contribution >= 0.6 is 15.9 Å². The Morgan fingerprint density at radius 1 is 1.07 bits per heavy atom. The third-order valence-corrected chi connectivity index (χ3v) is 7.68. The number of morpholine rings is 1. The number of piperidine rings is 1. The van der Waals surface area contributed by atoms with Crippen molar-refractivity contribution in [2.45, 2.75) is 24.2 Å². The van der Waals surface area contributed by atoms with Gasteiger partial charge in [-0.1, -0.05) is 0 Å². The van der Waals surface area contributed by atoms with E-state index in [2.05, 4.69) is 15.9 Å². The first-order valence-corrected chi connectivity index (χ1v) is 11.5. The number of rotatable bonds is 5. The van der Waals surface area contributed by atoms with Gasteiger partial charge >= 0.3 is 5.97 Å². The lowest BCUT2D eigenvalue weighted by atomic mass is 10.1. The summed E-state index contributed by atoms with van der Waals surface area (Å²) < 4.78 is 37.8. The lowest BCUT2D eigenvalue weighted by Crippen LogP contribution is -2.40. The van der Waals surface area contributed by atoms with Crippen molar-refractivity contribution < 1.29 is 27.5 Å². The highest BCUT2D eigenvalue weighted by atomic mass is 79.9. The monoisotopic (exact) mass is 474 g/mol. The van der Waals surface area contributed by atoms with Crippen LogP contribution in [0.25, 0.3) is 0 Å². The van der Waals surface area contributed by atoms with Gasteiger partial charge in [0.25, 0.3) is 5.91 Å². The Bertz CT molecular complexity index is 832. The smallest absolute Gasteiger partial charge is 0.338 e. The molecule has 2 saturated heterocycles. The molecular formula is C18H23BrN2O6S. The van der Waals surface area contributed by atoms with Gasteiger partial charge in [-0.2, -0.15) is 4.31 Å². The zero-order chi connectivity index (χ0) is 20.1. The number of carbonyl (C=O) groups is 2. The number of likely N-dealkylation sites (tertiary alicyclic amines) is 1. The van der Waals surface area contributed by atoms with Crippen molar-refractivity contribution in [2.24, 2.45) is 0 Å². The summed E-state index contributed by atoms with van der Waals surface area (Å²) in [4.78, 5) is 26.2. The second-order valence-electron chi connectivity index (χ2n) is 6.68. The number of nitrogens with zero attached hydrogens (tertiary/aromatic N) is 2. The molecule has 0 atom stereocenters. The second kappa shape index (κ2) is 9.34. The molecule has 0 spiro atoms. The van der Waals surface area contributed by atoms with E-state index in [4.69, 9.17) is 9.47 Å². The molecule has 0 aliphatic carbocycles. The Hall–Kier alpha value is -1.49. The number of halogens is 1. The summed E-state index contributed by atoms with van der Waals surface area (Å²) in [5, 5.41) is 0. The molecule has 0 unspecified atom stereocenters. The third-order valence-electron chi connectivity index (χ3n) is 4.79. The van der Waals surface area contributed by atoms with Gasteiger partial charge in [-0.15, -0.1) is 0 Å². The maximum absolute atomic E-state index is 12.9. The van der Waals surface area contributed by atoms with Crippen LogP contribution in [0.15, 0.2) is 27.6 Å². The average molecular weight is 475 g/mol. The number of amides is 1. The molecule has 0 N–H and O–H groups in total. The van der Waals surface area contributed by atoms with Crippen LogP contribution in [0.3, 0.4) is 0 Å². The molecule has 1 amide bonds. The number of ether oxygens (including phenoxy) is 2. The molecule has 2 aliphatic heterocycles. The topological polar surface area (TPSA) is 93.2 Å². The van der Waals surface area contributed by atoms with Crippen LogP contribution in [0.5, 0.6) is 0 Å². The van der Waals surface area contributed by atoms with Crippen molar-refractivity contribution in [1.82, 2.24) is 9.21 Å². The van der Waals surface area contributed by atoms with Gasteiger partial charge in [-0.3, -0.25) is 4.79 Å². The van der Waals surface area contributed by atoms with Crippen LogP contribution < -0.4 is 0 Å². The van der Waals surface area contributed by atoms with Crippen LogP contribution in [0.4, 0.5) is 0 Å². The first-order valence-electron chi connectivity index (χ1n) is 9.22. The molecule has 28 heavy (non-hydrogen) atoms. The molecule has 0 aromatic heterocycles. The minimum absolute atomic E-state index is 0.00814. The van der Waals surface area contributed by atoms with E-state index in [1.807, 2.05) is 0 Å². The molecular weight excluding hydrogens is 452 g/mol. The van der Waals surface area contributed by atoms with Crippen molar-refractivity contribution in [1.29, 1.82) is 0 Å². The fourth-order valence-corrected chi connectivity index (χ4v) is 5.56. The van der Waals surface area contributed by atoms with E-state index in [1.165, 1.54) is 22.5 Å². The molecule has 10 heteroatoms. The SMILES string of the molecule is O=C(OCC(=O)N1CCCCC1)c1ccc(Br)c(S(=O)(=O)N2CCOCC2)c1. The van der Waals surface area contributed by atoms with E-state index < -0.39 is 16.0 Å². The number of esters is 1. The van der Waals surface area contributed by atoms with E-state index in [-0.39, 0.29) is 36.1 Å². The van der Waals surface area contributed by atoms with Gasteiger partial charge in [0.2, 0.25) is 10.0 Å². The Morgan fingerprint density at radius 3 is 2.43 bits per heavy atom. The first-order chi connectivity index (χ1) is 13.4. The predicted molar refractivity (Wildman–Crippen MR) is 104 cm³/mol. The molecule has 2 aliphatic rings. The van der Waals surface area contributed by atoms with E-state index in [9.17, 15) is 18.0 Å². The number of hydrogen-bond donors (Lipinski definition) is 0. The molecule has 3 rings (SSSR count). The number of benzene rings is 1. The standard InChI is InChI=1S/C18H23BrN2O6S/c19-15-5-4-14(12-16(15)28(24,25)21-8-10-26-11-9-21)18(23)27-13-17(22)20-6-2-1-3-7-20/h4-5,12H,1-3,6-11,13H2. The summed E-state index contributed by atoms with van der Waals surface area (Å²) in [6, 6.07) is 4.25. The lowest BCUT2D eigenvalue weighted by Gasteiger charge is -2.27. The zero-order valence-electron chi connectivity index (χ0n) is 15.4. The average Bonchev–Trinajstić information content (AvgIpc) is 2.73. The summed E-state index contributed by atoms with van der Waals surface area (Å²) in [5.41, 5.74) is 0.0847. The predicted octanol–water partition coefficient (Wildman–Crippen LogP) is 1.64. The molecule has 2 fully saturated rings. The summed E-state index contributed by atoms with van der Waals surface area (Å²) in [5.74, 6) is -0.956. The number of hydrogen-bond acceptors (Lipinski definition) is 6. The molecule has 0 saturated carbocycles. The fourth-order valence-electron chi connectivity index (χ4n) is 3.20. The molecule has 1 aromatic rings. The quantitative estimate of drug-likeness (QED) is 0.602. The van der Waals surface area contributed by atoms with E-state index in [0.29, 0.717) is 30.8 Å². The van der Waals surface area contributed by atoms with E-state index in [0.717, 1.165) is 19.3 Å². The number of carbonyl (C=O) groups excluding carboxylic acids is 2. The summed E-state index contributed by atoms with van der Waals surface area (Å²) >= 11 is 3.25. The van der Waals surface area contributed by atoms with Crippen molar-refractivity contribution in [3.63, 3.8) is 0 Å². The van der Waals surface area contributed by atoms with E-state index in [1.54, 1.807) is 4.90 Å². The van der Waals surface area contributed by atoms with Gasteiger partial charge in [0.05, 0.1) is 23.7 Å². The van der Waals surface area contributed by atoms with Gasteiger partial charge in [0.15, 0.2) is 6.61 Å². The first kappa shape index (κ1) is 21.2. The lowest BCUT2D eigenvalue weighted by molar-refractivity contribution is -0.135. The summed E-state index contributed by atoms with van der Waals surface area (Å²) in [7, 11) is -3.77. The Morgan fingerprint density at radius 2 is 1.75 bits per heavy atom. The van der Waals surface area contributed by atoms with Crippen LogP contribution in [-0.4, -0.2) is 75.5 Å². The summed E-state index contributed by atoms with van der Waals surface area (Å²) in [6.07, 6.45) is 3.01. The van der Waals surface area contributed by atoms with Gasteiger partial charge in [0, 0.05) is 30.7 Å². The van der Waals surface area contributed by atoms with Gasteiger partial charge in [-0.05, 0) is 53.4 Å². The highest BCUT2D eigenvalue weighted by Gasteiger charge is 2.29. The second-order valence-corrected chi connectivity index (χ2v) is 9.44. The van der Waals surface area contributed by atoms with Crippen molar-refractivity contribution >= 4 is 37.8 Å². The van der Waals surface area contributed by atoms with Crippen molar-refractivity contribution in [3.05, 3.63) is 28.2 Å². The molecule has 2 heterocycles. The van der Waals surface area contributed by atoms with Gasteiger partial charge < -0.3 is 14.4 Å². The Kier molecular flexibility index (Phi) is 7.08. The van der Waals surface area contributed by atoms with Crippen molar-refractivity contribution in [3.8, 4) is 0 Å². The highest BCUT2D eigenvalue weighted by Crippen LogP contribution is 2.27. The van der Waals surface area contributed by atoms with Crippen LogP contribution in [-0.2, 0) is 24.3 Å².